The molecule has 6 rings (SSSR count). The van der Waals surface area contributed by atoms with Crippen molar-refractivity contribution < 1.29 is 5.11 Å². The lowest BCUT2D eigenvalue weighted by molar-refractivity contribution is 0.0470. The maximum absolute atomic E-state index is 11.1. The molecule has 0 bridgehead atoms. The fourth-order valence-corrected chi connectivity index (χ4v) is 9.02. The number of fused-ring (bicyclic) bond motifs is 6. The Balaban J connectivity index is 1.21. The molecule has 152 valence electrons. The van der Waals surface area contributed by atoms with Gasteiger partial charge in [0.05, 0.1) is 6.10 Å². The van der Waals surface area contributed by atoms with Gasteiger partial charge in [0.25, 0.3) is 0 Å². The van der Waals surface area contributed by atoms with Crippen molar-refractivity contribution in [3.63, 3.8) is 0 Å². The molecule has 4 saturated carbocycles. The number of rotatable bonds is 2. The van der Waals surface area contributed by atoms with Crippen LogP contribution in [0, 0.1) is 35.5 Å². The Morgan fingerprint density at radius 3 is 2.21 bits per heavy atom. The van der Waals surface area contributed by atoms with Gasteiger partial charge in [-0.25, -0.2) is 0 Å². The van der Waals surface area contributed by atoms with Gasteiger partial charge in [0.15, 0.2) is 0 Å². The van der Waals surface area contributed by atoms with Crippen molar-refractivity contribution in [2.45, 2.75) is 95.0 Å². The molecule has 0 saturated heterocycles. The number of benzene rings is 1. The first-order valence-corrected chi connectivity index (χ1v) is 12.6. The zero-order valence-electron chi connectivity index (χ0n) is 17.4. The van der Waals surface area contributed by atoms with Crippen LogP contribution in [0.3, 0.4) is 0 Å². The van der Waals surface area contributed by atoms with Gasteiger partial charge in [-0.1, -0.05) is 56.4 Å². The van der Waals surface area contributed by atoms with Crippen LogP contribution in [0.25, 0.3) is 0 Å². The largest absolute Gasteiger partial charge is 0.393 e. The Labute approximate surface area is 171 Å². The van der Waals surface area contributed by atoms with Gasteiger partial charge in [0, 0.05) is 0 Å². The van der Waals surface area contributed by atoms with Gasteiger partial charge < -0.3 is 5.11 Å². The monoisotopic (exact) mass is 378 g/mol. The molecule has 0 radical (unpaired) electrons. The van der Waals surface area contributed by atoms with E-state index in [2.05, 4.69) is 24.3 Å². The smallest absolute Gasteiger partial charge is 0.0602 e. The van der Waals surface area contributed by atoms with Gasteiger partial charge in [0.1, 0.15) is 0 Å². The summed E-state index contributed by atoms with van der Waals surface area (Å²) in [5.41, 5.74) is 3.42. The van der Waals surface area contributed by atoms with Crippen LogP contribution in [-0.2, 0) is 0 Å². The predicted molar refractivity (Wildman–Crippen MR) is 114 cm³/mol. The molecule has 1 heteroatoms. The summed E-state index contributed by atoms with van der Waals surface area (Å²) in [5, 5.41) is 11.1. The Morgan fingerprint density at radius 2 is 1.36 bits per heavy atom. The number of hydrogen-bond donors (Lipinski definition) is 1. The first-order valence-electron chi connectivity index (χ1n) is 12.6. The second kappa shape index (κ2) is 7.15. The van der Waals surface area contributed by atoms with Gasteiger partial charge in [-0.3, -0.25) is 0 Å². The highest BCUT2D eigenvalue weighted by atomic mass is 16.3. The average molecular weight is 379 g/mol. The lowest BCUT2D eigenvalue weighted by Gasteiger charge is -2.38. The number of aliphatic hydroxyl groups is 1. The molecule has 4 fully saturated rings. The Bertz CT molecular complexity index is 710. The van der Waals surface area contributed by atoms with E-state index in [9.17, 15) is 5.11 Å². The van der Waals surface area contributed by atoms with E-state index in [1.807, 2.05) is 0 Å². The van der Waals surface area contributed by atoms with E-state index in [4.69, 9.17) is 0 Å². The molecule has 0 amide bonds. The first-order chi connectivity index (χ1) is 13.8. The summed E-state index contributed by atoms with van der Waals surface area (Å²) in [6.07, 6.45) is 16.9. The lowest BCUT2D eigenvalue weighted by Crippen LogP contribution is -2.30. The van der Waals surface area contributed by atoms with Crippen molar-refractivity contribution in [3.8, 4) is 0 Å². The normalized spacial score (nSPS) is 47.1. The van der Waals surface area contributed by atoms with Gasteiger partial charge in [0.2, 0.25) is 0 Å². The highest BCUT2D eigenvalue weighted by Gasteiger charge is 2.52. The first kappa shape index (κ1) is 18.0. The minimum absolute atomic E-state index is 0.0244. The second-order valence-corrected chi connectivity index (χ2v) is 11.1. The molecule has 0 heterocycles. The van der Waals surface area contributed by atoms with Gasteiger partial charge >= 0.3 is 0 Å². The molecule has 5 aliphatic rings. The van der Waals surface area contributed by atoms with Crippen LogP contribution in [0.2, 0.25) is 0 Å². The van der Waals surface area contributed by atoms with E-state index >= 15 is 0 Å². The van der Waals surface area contributed by atoms with E-state index in [-0.39, 0.29) is 6.10 Å². The summed E-state index contributed by atoms with van der Waals surface area (Å²) in [6.45, 7) is 0. The molecule has 0 aromatic heterocycles. The third kappa shape index (κ3) is 2.75. The maximum atomic E-state index is 11.1. The molecule has 9 atom stereocenters. The molecule has 0 aliphatic heterocycles. The Kier molecular flexibility index (Phi) is 4.59. The molecule has 28 heavy (non-hydrogen) atoms. The number of hydrogen-bond acceptors (Lipinski definition) is 1. The summed E-state index contributed by atoms with van der Waals surface area (Å²) >= 11 is 0. The topological polar surface area (TPSA) is 20.2 Å². The summed E-state index contributed by atoms with van der Waals surface area (Å²) in [5.74, 6) is 6.44. The molecular weight excluding hydrogens is 340 g/mol. The molecule has 9 unspecified atom stereocenters. The average Bonchev–Trinajstić information content (AvgIpc) is 3.22. The van der Waals surface area contributed by atoms with Gasteiger partial charge in [-0.15, -0.1) is 0 Å². The SMILES string of the molecule is OC1C2CCCCC2C2CCC(CC3c4ccccc4C4CCCCC43)CC12. The molecule has 1 aromatic carbocycles. The van der Waals surface area contributed by atoms with Crippen LogP contribution in [0.15, 0.2) is 24.3 Å². The third-order valence-electron chi connectivity index (χ3n) is 10.1. The van der Waals surface area contributed by atoms with E-state index in [1.54, 1.807) is 11.1 Å². The fourth-order valence-electron chi connectivity index (χ4n) is 9.02. The minimum atomic E-state index is 0.0244. The second-order valence-electron chi connectivity index (χ2n) is 11.1. The Hall–Kier alpha value is -0.820. The minimum Gasteiger partial charge on any atom is -0.393 e. The summed E-state index contributed by atoms with van der Waals surface area (Å²) in [6, 6.07) is 9.46. The van der Waals surface area contributed by atoms with Crippen molar-refractivity contribution in [2.24, 2.45) is 35.5 Å². The molecular formula is C27H38O. The zero-order valence-corrected chi connectivity index (χ0v) is 17.4. The van der Waals surface area contributed by atoms with Crippen LogP contribution in [0.1, 0.15) is 100 Å². The lowest BCUT2D eigenvalue weighted by atomic mass is 9.67. The Morgan fingerprint density at radius 1 is 0.679 bits per heavy atom. The van der Waals surface area contributed by atoms with E-state index in [1.165, 1.54) is 77.0 Å². The van der Waals surface area contributed by atoms with Crippen molar-refractivity contribution in [1.82, 2.24) is 0 Å². The molecule has 1 nitrogen and oxygen atoms in total. The van der Waals surface area contributed by atoms with Crippen molar-refractivity contribution in [3.05, 3.63) is 35.4 Å². The maximum Gasteiger partial charge on any atom is 0.0602 e. The van der Waals surface area contributed by atoms with E-state index < -0.39 is 0 Å². The summed E-state index contributed by atoms with van der Waals surface area (Å²) < 4.78 is 0. The molecule has 0 spiro atoms. The van der Waals surface area contributed by atoms with Crippen molar-refractivity contribution >= 4 is 0 Å². The molecule has 1 aromatic rings. The van der Waals surface area contributed by atoms with Crippen LogP contribution in [0.4, 0.5) is 0 Å². The van der Waals surface area contributed by atoms with Gasteiger partial charge in [-0.2, -0.15) is 0 Å². The van der Waals surface area contributed by atoms with Crippen LogP contribution in [0.5, 0.6) is 0 Å². The fraction of sp³-hybridized carbons (Fsp3) is 0.778. The summed E-state index contributed by atoms with van der Waals surface area (Å²) in [4.78, 5) is 0. The summed E-state index contributed by atoms with van der Waals surface area (Å²) in [7, 11) is 0. The zero-order chi connectivity index (χ0) is 18.7. The van der Waals surface area contributed by atoms with Crippen LogP contribution >= 0.6 is 0 Å². The quantitative estimate of drug-likeness (QED) is 0.610. The standard InChI is InChI=1S/C27H38O/c28-27-24-12-6-5-9-20(24)23-14-13-17(16-26(23)27)15-25-21-10-3-1-7-18(21)19-8-2-4-11-22(19)25/h1,3,7,10,17,19-20,22-28H,2,4-6,8-9,11-16H2. The molecule has 5 aliphatic carbocycles. The van der Waals surface area contributed by atoms with Crippen molar-refractivity contribution in [1.29, 1.82) is 0 Å². The van der Waals surface area contributed by atoms with E-state index in [0.717, 1.165) is 35.5 Å². The van der Waals surface area contributed by atoms with E-state index in [0.29, 0.717) is 11.8 Å². The third-order valence-corrected chi connectivity index (χ3v) is 10.1. The number of aliphatic hydroxyl groups excluding tert-OH is 1. The van der Waals surface area contributed by atoms with Crippen LogP contribution in [-0.4, -0.2) is 11.2 Å². The molecule has 1 N–H and O–H groups in total. The van der Waals surface area contributed by atoms with Crippen molar-refractivity contribution in [2.75, 3.05) is 0 Å². The highest BCUT2D eigenvalue weighted by molar-refractivity contribution is 5.40. The predicted octanol–water partition coefficient (Wildman–Crippen LogP) is 6.66. The van der Waals surface area contributed by atoms with Crippen LogP contribution < -0.4 is 0 Å². The van der Waals surface area contributed by atoms with Gasteiger partial charge in [-0.05, 0) is 103 Å². The highest BCUT2D eigenvalue weighted by Crippen LogP contribution is 2.59.